The highest BCUT2D eigenvalue weighted by Crippen LogP contribution is 2.61. The van der Waals surface area contributed by atoms with Crippen molar-refractivity contribution in [2.45, 2.75) is 5.41 Å². The summed E-state index contributed by atoms with van der Waals surface area (Å²) in [6.07, 6.45) is 10.0. The molecule has 1 atom stereocenters. The lowest BCUT2D eigenvalue weighted by Crippen LogP contribution is -2.30. The minimum atomic E-state index is -0.643. The molecule has 12 rings (SSSR count). The smallest absolute Gasteiger partial charge is 0.160 e. The van der Waals surface area contributed by atoms with Crippen LogP contribution in [-0.2, 0) is 5.41 Å². The summed E-state index contributed by atoms with van der Waals surface area (Å²) in [4.78, 5) is 19.7. The first-order valence-electron chi connectivity index (χ1n) is 19.5. The van der Waals surface area contributed by atoms with Crippen LogP contribution in [0.15, 0.2) is 187 Å². The molecule has 6 aromatic carbocycles. The Kier molecular flexibility index (Phi) is 7.07. The van der Waals surface area contributed by atoms with Crippen LogP contribution in [0.1, 0.15) is 33.4 Å². The van der Waals surface area contributed by atoms with E-state index in [0.717, 1.165) is 66.8 Å². The Morgan fingerprint density at radius 1 is 0.448 bits per heavy atom. The Balaban J connectivity index is 1.12. The molecule has 0 radical (unpaired) electrons. The highest BCUT2D eigenvalue weighted by atomic mass is 16.3. The van der Waals surface area contributed by atoms with Gasteiger partial charge in [-0.05, 0) is 93.0 Å². The molecule has 0 saturated heterocycles. The summed E-state index contributed by atoms with van der Waals surface area (Å²) in [7, 11) is 0. The summed E-state index contributed by atoms with van der Waals surface area (Å²) in [5.41, 5.74) is 17.1. The van der Waals surface area contributed by atoms with Gasteiger partial charge in [0.1, 0.15) is 11.2 Å². The molecule has 58 heavy (non-hydrogen) atoms. The van der Waals surface area contributed by atoms with Gasteiger partial charge in [0.05, 0.1) is 22.5 Å². The van der Waals surface area contributed by atoms with Crippen molar-refractivity contribution in [3.63, 3.8) is 0 Å². The van der Waals surface area contributed by atoms with E-state index in [9.17, 15) is 0 Å². The molecule has 2 aliphatic carbocycles. The van der Waals surface area contributed by atoms with Crippen molar-refractivity contribution in [1.82, 2.24) is 19.9 Å². The van der Waals surface area contributed by atoms with E-state index in [-0.39, 0.29) is 0 Å². The molecule has 1 unspecified atom stereocenters. The number of hydrogen-bond acceptors (Lipinski definition) is 5. The van der Waals surface area contributed by atoms with Gasteiger partial charge < -0.3 is 4.42 Å². The minimum absolute atomic E-state index is 0.643. The predicted molar refractivity (Wildman–Crippen MR) is 233 cm³/mol. The summed E-state index contributed by atoms with van der Waals surface area (Å²) in [5, 5.41) is 2.27. The average molecular weight is 741 g/mol. The average Bonchev–Trinajstić information content (AvgIpc) is 3.77. The lowest BCUT2D eigenvalue weighted by atomic mass is 9.65. The number of furan rings is 1. The van der Waals surface area contributed by atoms with Crippen LogP contribution < -0.4 is 0 Å². The fourth-order valence-corrected chi connectivity index (χ4v) is 9.35. The second kappa shape index (κ2) is 12.6. The second-order valence-electron chi connectivity index (χ2n) is 15.0. The van der Waals surface area contributed by atoms with Crippen LogP contribution >= 0.6 is 0 Å². The maximum absolute atomic E-state index is 6.50. The largest absolute Gasteiger partial charge is 0.456 e. The topological polar surface area (TPSA) is 64.7 Å². The van der Waals surface area contributed by atoms with Gasteiger partial charge in [-0.15, -0.1) is 0 Å². The molecule has 0 aliphatic heterocycles. The molecule has 0 amide bonds. The van der Waals surface area contributed by atoms with Gasteiger partial charge in [0.25, 0.3) is 0 Å². The predicted octanol–water partition coefficient (Wildman–Crippen LogP) is 12.7. The fraction of sp³-hybridized carbons (Fsp3) is 0.0189. The number of aromatic nitrogens is 4. The van der Waals surface area contributed by atoms with Gasteiger partial charge in [0.15, 0.2) is 5.82 Å². The zero-order chi connectivity index (χ0) is 38.2. The van der Waals surface area contributed by atoms with E-state index in [2.05, 4.69) is 138 Å². The van der Waals surface area contributed by atoms with E-state index in [1.807, 2.05) is 54.9 Å². The number of rotatable bonds is 4. The van der Waals surface area contributed by atoms with Crippen molar-refractivity contribution in [2.24, 2.45) is 0 Å². The molecule has 0 N–H and O–H groups in total. The number of para-hydroxylation sites is 1. The molecule has 4 aromatic heterocycles. The van der Waals surface area contributed by atoms with Crippen LogP contribution in [0.4, 0.5) is 0 Å². The molecule has 5 heteroatoms. The van der Waals surface area contributed by atoms with Gasteiger partial charge in [-0.3, -0.25) is 9.97 Å². The Hall–Kier alpha value is -7.76. The normalized spacial score (nSPS) is 14.9. The molecule has 0 saturated carbocycles. The zero-order valence-corrected chi connectivity index (χ0v) is 31.2. The van der Waals surface area contributed by atoms with Crippen molar-refractivity contribution >= 4 is 34.1 Å². The lowest BCUT2D eigenvalue weighted by Gasteiger charge is -2.35. The van der Waals surface area contributed by atoms with Crippen LogP contribution in [-0.4, -0.2) is 19.9 Å². The minimum Gasteiger partial charge on any atom is -0.456 e. The monoisotopic (exact) mass is 740 g/mol. The summed E-state index contributed by atoms with van der Waals surface area (Å²) < 4.78 is 6.50. The summed E-state index contributed by atoms with van der Waals surface area (Å²) in [6.45, 7) is 0. The molecule has 0 fully saturated rings. The Morgan fingerprint density at radius 3 is 2.02 bits per heavy atom. The summed E-state index contributed by atoms with van der Waals surface area (Å²) in [6, 6.07) is 57.8. The fourth-order valence-electron chi connectivity index (χ4n) is 9.35. The molecule has 10 aromatic rings. The van der Waals surface area contributed by atoms with Crippen molar-refractivity contribution < 1.29 is 4.42 Å². The standard InChI is InChI=1S/C53H32N4O/c1-2-12-35(13-3-1)46-30-47(38-24-26-45(55-32-38)37-14-10-28-54-31-37)57-52(56-46)36-23-22-34-21-20-33-11-4-7-17-41(33)53(44(34)29-36)42-18-8-5-15-39(42)50-43(53)25-27-49-51(50)40-16-6-9-19-48(40)58-49/h1-32H. The van der Waals surface area contributed by atoms with Crippen LogP contribution in [0.25, 0.3) is 90.4 Å². The van der Waals surface area contributed by atoms with E-state index in [0.29, 0.717) is 5.82 Å². The van der Waals surface area contributed by atoms with Crippen molar-refractivity contribution in [1.29, 1.82) is 0 Å². The summed E-state index contributed by atoms with van der Waals surface area (Å²) >= 11 is 0. The van der Waals surface area contributed by atoms with Crippen molar-refractivity contribution in [2.75, 3.05) is 0 Å². The Morgan fingerprint density at radius 2 is 1.17 bits per heavy atom. The Labute approximate surface area is 334 Å². The third kappa shape index (κ3) is 4.77. The third-order valence-electron chi connectivity index (χ3n) is 11.9. The van der Waals surface area contributed by atoms with E-state index in [1.165, 1.54) is 38.9 Å². The first-order chi connectivity index (χ1) is 28.7. The van der Waals surface area contributed by atoms with Gasteiger partial charge in [-0.1, -0.05) is 127 Å². The van der Waals surface area contributed by atoms with E-state index in [4.69, 9.17) is 19.4 Å². The summed E-state index contributed by atoms with van der Waals surface area (Å²) in [5.74, 6) is 0.648. The molecule has 5 nitrogen and oxygen atoms in total. The zero-order valence-electron chi connectivity index (χ0n) is 31.2. The molecule has 2 aliphatic rings. The van der Waals surface area contributed by atoms with Crippen molar-refractivity contribution in [3.8, 4) is 56.3 Å². The van der Waals surface area contributed by atoms with Gasteiger partial charge in [0.2, 0.25) is 0 Å². The first kappa shape index (κ1) is 32.5. The van der Waals surface area contributed by atoms with Crippen LogP contribution in [0.5, 0.6) is 0 Å². The van der Waals surface area contributed by atoms with Gasteiger partial charge in [0, 0.05) is 51.6 Å². The Bertz CT molecular complexity index is 3280. The van der Waals surface area contributed by atoms with Gasteiger partial charge in [-0.25, -0.2) is 9.97 Å². The van der Waals surface area contributed by atoms with Crippen LogP contribution in [0.3, 0.4) is 0 Å². The number of fused-ring (bicyclic) bond motifs is 13. The van der Waals surface area contributed by atoms with Crippen LogP contribution in [0, 0.1) is 0 Å². The molecule has 4 heterocycles. The maximum atomic E-state index is 6.50. The number of benzene rings is 6. The van der Waals surface area contributed by atoms with E-state index >= 15 is 0 Å². The second-order valence-corrected chi connectivity index (χ2v) is 15.0. The molecule has 0 bridgehead atoms. The van der Waals surface area contributed by atoms with Crippen LogP contribution in [0.2, 0.25) is 0 Å². The van der Waals surface area contributed by atoms with E-state index in [1.54, 1.807) is 6.20 Å². The van der Waals surface area contributed by atoms with Gasteiger partial charge in [-0.2, -0.15) is 0 Å². The van der Waals surface area contributed by atoms with Crippen molar-refractivity contribution in [3.05, 3.63) is 216 Å². The highest BCUT2D eigenvalue weighted by molar-refractivity contribution is 6.15. The number of hydrogen-bond donors (Lipinski definition) is 0. The van der Waals surface area contributed by atoms with E-state index < -0.39 is 5.41 Å². The first-order valence-corrected chi connectivity index (χ1v) is 19.5. The quantitative estimate of drug-likeness (QED) is 0.180. The lowest BCUT2D eigenvalue weighted by molar-refractivity contribution is 0.668. The highest BCUT2D eigenvalue weighted by Gasteiger charge is 2.49. The SMILES string of the molecule is C1=Cc2ccc(-c3nc(-c4ccccc4)cc(-c4ccc(-c5cccnc5)nc4)n3)cc2C2(c3ccccc31)c1ccccc1-c1c2ccc2oc3ccccc3c12. The molecular formula is C53H32N4O. The number of pyridine rings is 2. The number of nitrogens with zero attached hydrogens (tertiary/aromatic N) is 4. The molecular weight excluding hydrogens is 709 g/mol. The molecule has 270 valence electrons. The molecule has 1 spiro atoms. The third-order valence-corrected chi connectivity index (χ3v) is 11.9. The maximum Gasteiger partial charge on any atom is 0.160 e. The van der Waals surface area contributed by atoms with Gasteiger partial charge >= 0.3 is 0 Å².